The molecule has 4 nitrogen and oxygen atoms in total. The van der Waals surface area contributed by atoms with E-state index in [0.29, 0.717) is 11.1 Å². The number of hydrogen-bond donors (Lipinski definition) is 1. The molecule has 21 heavy (non-hydrogen) atoms. The third-order valence-electron chi connectivity index (χ3n) is 3.30. The Morgan fingerprint density at radius 3 is 2.43 bits per heavy atom. The first-order valence-corrected chi connectivity index (χ1v) is 7.88. The normalized spacial score (nSPS) is 12.0. The summed E-state index contributed by atoms with van der Waals surface area (Å²) in [4.78, 5) is 4.48. The lowest BCUT2D eigenvalue weighted by Crippen LogP contribution is -2.13. The van der Waals surface area contributed by atoms with Crippen LogP contribution in [0.15, 0.2) is 12.1 Å². The van der Waals surface area contributed by atoms with Gasteiger partial charge in [-0.15, -0.1) is 0 Å². The number of nitrogens with zero attached hydrogens (tertiary/aromatic N) is 2. The van der Waals surface area contributed by atoms with E-state index in [0.717, 1.165) is 28.4 Å². The number of nitrogens with two attached hydrogens (primary N) is 1. The molecule has 2 rings (SSSR count). The Labute approximate surface area is 130 Å². The molecule has 0 spiro atoms. The Morgan fingerprint density at radius 1 is 1.24 bits per heavy atom. The van der Waals surface area contributed by atoms with Gasteiger partial charge in [0.2, 0.25) is 0 Å². The number of ether oxygens (including phenoxy) is 1. The van der Waals surface area contributed by atoms with E-state index < -0.39 is 0 Å². The van der Waals surface area contributed by atoms with E-state index in [4.69, 9.17) is 10.5 Å². The summed E-state index contributed by atoms with van der Waals surface area (Å²) in [6.45, 7) is 12.5. The second-order valence-electron chi connectivity index (χ2n) is 6.64. The van der Waals surface area contributed by atoms with Crippen LogP contribution in [0.25, 0.3) is 0 Å². The molecular formula is C16H23N3OS. The summed E-state index contributed by atoms with van der Waals surface area (Å²) >= 11 is 1.29. The minimum Gasteiger partial charge on any atom is -0.430 e. The predicted molar refractivity (Wildman–Crippen MR) is 88.4 cm³/mol. The van der Waals surface area contributed by atoms with Crippen LogP contribution in [0.4, 0.5) is 5.69 Å². The van der Waals surface area contributed by atoms with Crippen LogP contribution in [0.3, 0.4) is 0 Å². The lowest BCUT2D eigenvalue weighted by Gasteiger charge is -2.15. The molecule has 2 N–H and O–H groups in total. The molecule has 0 unspecified atom stereocenters. The summed E-state index contributed by atoms with van der Waals surface area (Å²) in [7, 11) is 0. The first-order chi connectivity index (χ1) is 9.68. The molecule has 1 heterocycles. The van der Waals surface area contributed by atoms with Crippen molar-refractivity contribution < 1.29 is 4.74 Å². The van der Waals surface area contributed by atoms with Crippen molar-refractivity contribution in [2.75, 3.05) is 5.73 Å². The molecule has 0 fully saturated rings. The Morgan fingerprint density at radius 2 is 1.90 bits per heavy atom. The zero-order chi connectivity index (χ0) is 15.8. The van der Waals surface area contributed by atoms with Crippen molar-refractivity contribution in [1.29, 1.82) is 0 Å². The summed E-state index contributed by atoms with van der Waals surface area (Å²) < 4.78 is 10.4. The second kappa shape index (κ2) is 5.64. The van der Waals surface area contributed by atoms with Crippen molar-refractivity contribution in [2.45, 2.75) is 52.9 Å². The van der Waals surface area contributed by atoms with Crippen LogP contribution < -0.4 is 10.5 Å². The Bertz CT molecular complexity index is 641. The van der Waals surface area contributed by atoms with Gasteiger partial charge in [0, 0.05) is 22.6 Å². The SMILES string of the molecule is Cc1cc(Oc2nc(C(C)(C)C)ns2)c(C(C)C)cc1N. The number of nitrogen functional groups attached to an aromatic ring is 1. The molecule has 114 valence electrons. The molecule has 0 amide bonds. The Kier molecular flexibility index (Phi) is 4.23. The van der Waals surface area contributed by atoms with E-state index in [1.807, 2.05) is 19.1 Å². The topological polar surface area (TPSA) is 61.0 Å². The zero-order valence-corrected chi connectivity index (χ0v) is 14.3. The number of aryl methyl sites for hydroxylation is 1. The summed E-state index contributed by atoms with van der Waals surface area (Å²) in [5, 5.41) is 0.575. The number of hydrogen-bond acceptors (Lipinski definition) is 5. The molecule has 0 bridgehead atoms. The maximum Gasteiger partial charge on any atom is 0.298 e. The van der Waals surface area contributed by atoms with Gasteiger partial charge in [-0.3, -0.25) is 0 Å². The first kappa shape index (κ1) is 15.8. The van der Waals surface area contributed by atoms with Crippen LogP contribution in [0.2, 0.25) is 0 Å². The maximum absolute atomic E-state index is 6.00. The highest BCUT2D eigenvalue weighted by atomic mass is 32.1. The third kappa shape index (κ3) is 3.53. The van der Waals surface area contributed by atoms with E-state index >= 15 is 0 Å². The van der Waals surface area contributed by atoms with Gasteiger partial charge in [0.15, 0.2) is 5.82 Å². The molecule has 0 saturated heterocycles. The van der Waals surface area contributed by atoms with Crippen molar-refractivity contribution in [3.63, 3.8) is 0 Å². The fourth-order valence-electron chi connectivity index (χ4n) is 1.91. The molecule has 0 aliphatic carbocycles. The van der Waals surface area contributed by atoms with Crippen molar-refractivity contribution in [1.82, 2.24) is 9.36 Å². The predicted octanol–water partition coefficient (Wildman–Crippen LogP) is 4.64. The van der Waals surface area contributed by atoms with Gasteiger partial charge >= 0.3 is 0 Å². The van der Waals surface area contributed by atoms with Crippen molar-refractivity contribution in [3.05, 3.63) is 29.1 Å². The van der Waals surface area contributed by atoms with E-state index in [-0.39, 0.29) is 5.41 Å². The standard InChI is InChI=1S/C16H23N3OS/c1-9(2)11-8-12(17)10(3)7-13(11)20-15-18-14(19-21-15)16(4,5)6/h7-9H,17H2,1-6H3. The van der Waals surface area contributed by atoms with E-state index in [1.165, 1.54) is 11.5 Å². The summed E-state index contributed by atoms with van der Waals surface area (Å²) in [5.41, 5.74) is 8.82. The number of rotatable bonds is 3. The van der Waals surface area contributed by atoms with Crippen molar-refractivity contribution in [3.8, 4) is 10.9 Å². The highest BCUT2D eigenvalue weighted by Gasteiger charge is 2.21. The highest BCUT2D eigenvalue weighted by molar-refractivity contribution is 7.07. The van der Waals surface area contributed by atoms with Gasteiger partial charge in [-0.25, -0.2) is 0 Å². The quantitative estimate of drug-likeness (QED) is 0.839. The van der Waals surface area contributed by atoms with Crippen LogP contribution >= 0.6 is 11.5 Å². The average Bonchev–Trinajstić information content (AvgIpc) is 2.81. The minimum atomic E-state index is -0.0734. The van der Waals surface area contributed by atoms with Crippen LogP contribution in [-0.2, 0) is 5.41 Å². The Balaban J connectivity index is 2.35. The summed E-state index contributed by atoms with van der Waals surface area (Å²) in [6.07, 6.45) is 0. The van der Waals surface area contributed by atoms with E-state index in [1.54, 1.807) is 0 Å². The monoisotopic (exact) mass is 305 g/mol. The zero-order valence-electron chi connectivity index (χ0n) is 13.5. The molecule has 1 aromatic heterocycles. The van der Waals surface area contributed by atoms with Gasteiger partial charge in [0.05, 0.1) is 0 Å². The van der Waals surface area contributed by atoms with Crippen LogP contribution in [0.1, 0.15) is 57.5 Å². The number of anilines is 1. The van der Waals surface area contributed by atoms with Crippen LogP contribution in [0.5, 0.6) is 10.9 Å². The smallest absolute Gasteiger partial charge is 0.298 e. The molecule has 0 radical (unpaired) electrons. The molecule has 0 aliphatic rings. The van der Waals surface area contributed by atoms with Gasteiger partial charge in [0.25, 0.3) is 5.19 Å². The molecule has 1 aromatic carbocycles. The second-order valence-corrected chi connectivity index (χ2v) is 7.35. The van der Waals surface area contributed by atoms with Crippen LogP contribution in [-0.4, -0.2) is 9.36 Å². The number of benzene rings is 1. The maximum atomic E-state index is 6.00. The summed E-state index contributed by atoms with van der Waals surface area (Å²) in [6, 6.07) is 3.96. The first-order valence-electron chi connectivity index (χ1n) is 7.10. The van der Waals surface area contributed by atoms with Gasteiger partial charge in [-0.2, -0.15) is 9.36 Å². The van der Waals surface area contributed by atoms with E-state index in [9.17, 15) is 0 Å². The van der Waals surface area contributed by atoms with Gasteiger partial charge in [-0.1, -0.05) is 34.6 Å². The van der Waals surface area contributed by atoms with Gasteiger partial charge < -0.3 is 10.5 Å². The molecule has 0 saturated carbocycles. The average molecular weight is 305 g/mol. The molecular weight excluding hydrogens is 282 g/mol. The van der Waals surface area contributed by atoms with Crippen molar-refractivity contribution >= 4 is 17.2 Å². The van der Waals surface area contributed by atoms with Crippen LogP contribution in [0, 0.1) is 6.92 Å². The molecule has 2 aromatic rings. The fraction of sp³-hybridized carbons (Fsp3) is 0.500. The lowest BCUT2D eigenvalue weighted by molar-refractivity contribution is 0.460. The Hall–Kier alpha value is -1.62. The van der Waals surface area contributed by atoms with E-state index in [2.05, 4.69) is 44.0 Å². The molecule has 0 aliphatic heterocycles. The molecule has 5 heteroatoms. The minimum absolute atomic E-state index is 0.0734. The fourth-order valence-corrected chi connectivity index (χ4v) is 2.64. The largest absolute Gasteiger partial charge is 0.430 e. The highest BCUT2D eigenvalue weighted by Crippen LogP contribution is 2.35. The number of aromatic nitrogens is 2. The molecule has 0 atom stereocenters. The third-order valence-corrected chi connectivity index (χ3v) is 3.89. The van der Waals surface area contributed by atoms with Gasteiger partial charge in [0.1, 0.15) is 5.75 Å². The lowest BCUT2D eigenvalue weighted by atomic mass is 9.96. The summed E-state index contributed by atoms with van der Waals surface area (Å²) in [5.74, 6) is 1.95. The van der Waals surface area contributed by atoms with Gasteiger partial charge in [-0.05, 0) is 36.1 Å². The van der Waals surface area contributed by atoms with Crippen molar-refractivity contribution in [2.24, 2.45) is 0 Å².